The maximum Gasteiger partial charge on any atom is 0.160 e. The van der Waals surface area contributed by atoms with Gasteiger partial charge in [0.2, 0.25) is 0 Å². The summed E-state index contributed by atoms with van der Waals surface area (Å²) in [6.45, 7) is 3.63. The zero-order valence-corrected chi connectivity index (χ0v) is 13.5. The van der Waals surface area contributed by atoms with Gasteiger partial charge in [0, 0.05) is 16.9 Å². The number of sulfone groups is 1. The van der Waals surface area contributed by atoms with Crippen LogP contribution >= 0.6 is 11.6 Å². The fraction of sp³-hybridized carbons (Fsp3) is 0.267. The highest BCUT2D eigenvalue weighted by Gasteiger charge is 2.18. The first-order chi connectivity index (χ1) is 9.80. The first-order valence-electron chi connectivity index (χ1n) is 6.44. The van der Waals surface area contributed by atoms with Crippen molar-refractivity contribution in [2.75, 3.05) is 5.73 Å². The van der Waals surface area contributed by atoms with Crippen LogP contribution < -0.4 is 5.73 Å². The second kappa shape index (κ2) is 6.03. The smallest absolute Gasteiger partial charge is 0.160 e. The van der Waals surface area contributed by atoms with Crippen molar-refractivity contribution in [3.8, 4) is 0 Å². The number of nitrogens with two attached hydrogens (primary N) is 1. The lowest BCUT2D eigenvalue weighted by Crippen LogP contribution is -2.11. The molecule has 1 heterocycles. The number of aromatic nitrogens is 1. The van der Waals surface area contributed by atoms with E-state index in [0.29, 0.717) is 22.0 Å². The van der Waals surface area contributed by atoms with E-state index in [9.17, 15) is 8.42 Å². The predicted octanol–water partition coefficient (Wildman–Crippen LogP) is 3.05. The molecule has 0 radical (unpaired) electrons. The largest absolute Gasteiger partial charge is 0.398 e. The molecule has 0 saturated heterocycles. The van der Waals surface area contributed by atoms with Gasteiger partial charge in [-0.05, 0) is 36.6 Å². The minimum atomic E-state index is -3.36. The predicted molar refractivity (Wildman–Crippen MR) is 85.9 cm³/mol. The van der Waals surface area contributed by atoms with Gasteiger partial charge >= 0.3 is 0 Å². The van der Waals surface area contributed by atoms with Gasteiger partial charge in [0.25, 0.3) is 0 Å². The van der Waals surface area contributed by atoms with E-state index in [1.165, 1.54) is 0 Å². The first kappa shape index (κ1) is 15.8. The van der Waals surface area contributed by atoms with Crippen molar-refractivity contribution < 1.29 is 8.42 Å². The summed E-state index contributed by atoms with van der Waals surface area (Å²) in [4.78, 5) is 4.20. The van der Waals surface area contributed by atoms with Crippen molar-refractivity contribution in [3.05, 3.63) is 57.9 Å². The molecule has 0 amide bonds. The summed E-state index contributed by atoms with van der Waals surface area (Å²) >= 11 is 6.01. The Morgan fingerprint density at radius 2 is 1.86 bits per heavy atom. The van der Waals surface area contributed by atoms with Crippen molar-refractivity contribution >= 4 is 27.1 Å². The highest BCUT2D eigenvalue weighted by molar-refractivity contribution is 7.89. The second-order valence-electron chi connectivity index (χ2n) is 5.05. The molecule has 0 spiro atoms. The highest BCUT2D eigenvalue weighted by Crippen LogP contribution is 2.23. The van der Waals surface area contributed by atoms with E-state index in [2.05, 4.69) is 4.98 Å². The standard InChI is InChI=1S/C15H17ClN2O2S/c1-10-7-18-14(11(2)15(10)17)9-21(19,20)8-12-5-3-4-6-13(12)16/h3-7H,8-9H2,1-2H3,(H2,17,18). The molecule has 0 aliphatic carbocycles. The van der Waals surface area contributed by atoms with Gasteiger partial charge in [0.1, 0.15) is 0 Å². The van der Waals surface area contributed by atoms with Crippen LogP contribution in [0.2, 0.25) is 5.02 Å². The van der Waals surface area contributed by atoms with Gasteiger partial charge in [0.05, 0.1) is 17.2 Å². The van der Waals surface area contributed by atoms with Crippen LogP contribution in [-0.4, -0.2) is 13.4 Å². The van der Waals surface area contributed by atoms with E-state index < -0.39 is 9.84 Å². The molecule has 0 atom stereocenters. The summed E-state index contributed by atoms with van der Waals surface area (Å²) in [7, 11) is -3.36. The zero-order valence-electron chi connectivity index (χ0n) is 11.9. The molecule has 6 heteroatoms. The van der Waals surface area contributed by atoms with Crippen molar-refractivity contribution in [2.24, 2.45) is 0 Å². The number of halogens is 1. The number of nitrogen functional groups attached to an aromatic ring is 1. The fourth-order valence-electron chi connectivity index (χ4n) is 2.05. The molecule has 112 valence electrons. The van der Waals surface area contributed by atoms with Crippen LogP contribution in [0.15, 0.2) is 30.5 Å². The fourth-order valence-corrected chi connectivity index (χ4v) is 3.87. The Morgan fingerprint density at radius 1 is 1.19 bits per heavy atom. The van der Waals surface area contributed by atoms with Gasteiger partial charge in [-0.25, -0.2) is 8.42 Å². The maximum absolute atomic E-state index is 12.3. The molecule has 2 N–H and O–H groups in total. The molecule has 2 rings (SSSR count). The monoisotopic (exact) mass is 324 g/mol. The number of anilines is 1. The Balaban J connectivity index is 2.27. The number of benzene rings is 1. The van der Waals surface area contributed by atoms with E-state index in [0.717, 1.165) is 11.1 Å². The lowest BCUT2D eigenvalue weighted by molar-refractivity contribution is 0.593. The molecule has 21 heavy (non-hydrogen) atoms. The van der Waals surface area contributed by atoms with Gasteiger partial charge in [-0.15, -0.1) is 0 Å². The summed E-state index contributed by atoms with van der Waals surface area (Å²) < 4.78 is 24.7. The Bertz CT molecular complexity index is 773. The Hall–Kier alpha value is -1.59. The molecule has 1 aromatic heterocycles. The van der Waals surface area contributed by atoms with Crippen LogP contribution in [0.4, 0.5) is 5.69 Å². The van der Waals surface area contributed by atoms with Crippen LogP contribution in [0.25, 0.3) is 0 Å². The summed E-state index contributed by atoms with van der Waals surface area (Å²) in [5.41, 5.74) is 9.17. The van der Waals surface area contributed by atoms with Crippen molar-refractivity contribution in [1.82, 2.24) is 4.98 Å². The molecule has 0 fully saturated rings. The topological polar surface area (TPSA) is 73.0 Å². The molecular weight excluding hydrogens is 308 g/mol. The van der Waals surface area contributed by atoms with Gasteiger partial charge in [0.15, 0.2) is 9.84 Å². The third-order valence-corrected chi connectivity index (χ3v) is 5.20. The number of aryl methyl sites for hydroxylation is 1. The van der Waals surface area contributed by atoms with Crippen LogP contribution in [-0.2, 0) is 21.3 Å². The summed E-state index contributed by atoms with van der Waals surface area (Å²) in [5.74, 6) is -0.254. The number of hydrogen-bond donors (Lipinski definition) is 1. The maximum atomic E-state index is 12.3. The number of hydrogen-bond acceptors (Lipinski definition) is 4. The van der Waals surface area contributed by atoms with Crippen LogP contribution in [0.5, 0.6) is 0 Å². The van der Waals surface area contributed by atoms with Gasteiger partial charge in [-0.1, -0.05) is 29.8 Å². The molecule has 4 nitrogen and oxygen atoms in total. The van der Waals surface area contributed by atoms with E-state index in [-0.39, 0.29) is 11.5 Å². The Kier molecular flexibility index (Phi) is 4.54. The Labute approximate surface area is 129 Å². The van der Waals surface area contributed by atoms with E-state index in [1.54, 1.807) is 37.4 Å². The van der Waals surface area contributed by atoms with Gasteiger partial charge < -0.3 is 5.73 Å². The third kappa shape index (κ3) is 3.74. The van der Waals surface area contributed by atoms with E-state index in [1.807, 2.05) is 6.92 Å². The van der Waals surface area contributed by atoms with Gasteiger partial charge in [-0.2, -0.15) is 0 Å². The second-order valence-corrected chi connectivity index (χ2v) is 7.52. The van der Waals surface area contributed by atoms with Gasteiger partial charge in [-0.3, -0.25) is 4.98 Å². The molecule has 0 aliphatic heterocycles. The Morgan fingerprint density at radius 3 is 2.52 bits per heavy atom. The SMILES string of the molecule is Cc1cnc(CS(=O)(=O)Cc2ccccc2Cl)c(C)c1N. The number of pyridine rings is 1. The minimum absolute atomic E-state index is 0.110. The first-order valence-corrected chi connectivity index (χ1v) is 8.64. The normalized spacial score (nSPS) is 11.6. The van der Waals surface area contributed by atoms with E-state index in [4.69, 9.17) is 17.3 Å². The summed E-state index contributed by atoms with van der Waals surface area (Å²) in [6, 6.07) is 6.93. The van der Waals surface area contributed by atoms with Crippen LogP contribution in [0.3, 0.4) is 0 Å². The van der Waals surface area contributed by atoms with Crippen molar-refractivity contribution in [3.63, 3.8) is 0 Å². The zero-order chi connectivity index (χ0) is 15.6. The molecule has 0 unspecified atom stereocenters. The molecule has 0 aliphatic rings. The molecule has 2 aromatic rings. The average Bonchev–Trinajstić information content (AvgIpc) is 2.42. The van der Waals surface area contributed by atoms with Crippen LogP contribution in [0, 0.1) is 13.8 Å². The molecular formula is C15H17ClN2O2S. The quantitative estimate of drug-likeness (QED) is 0.938. The molecule has 0 saturated carbocycles. The number of nitrogens with zero attached hydrogens (tertiary/aromatic N) is 1. The highest BCUT2D eigenvalue weighted by atomic mass is 35.5. The summed E-state index contributed by atoms with van der Waals surface area (Å²) in [6.07, 6.45) is 1.60. The van der Waals surface area contributed by atoms with Crippen molar-refractivity contribution in [1.29, 1.82) is 0 Å². The molecule has 1 aromatic carbocycles. The lowest BCUT2D eigenvalue weighted by atomic mass is 10.1. The minimum Gasteiger partial charge on any atom is -0.398 e. The summed E-state index contributed by atoms with van der Waals surface area (Å²) in [5, 5.41) is 0.453. The third-order valence-electron chi connectivity index (χ3n) is 3.37. The van der Waals surface area contributed by atoms with Crippen LogP contribution in [0.1, 0.15) is 22.4 Å². The van der Waals surface area contributed by atoms with E-state index >= 15 is 0 Å². The van der Waals surface area contributed by atoms with Crippen molar-refractivity contribution in [2.45, 2.75) is 25.4 Å². The lowest BCUT2D eigenvalue weighted by Gasteiger charge is -2.11. The number of rotatable bonds is 4. The average molecular weight is 325 g/mol. The molecule has 0 bridgehead atoms.